The van der Waals surface area contributed by atoms with Gasteiger partial charge in [-0.15, -0.1) is 0 Å². The molecule has 0 unspecified atom stereocenters. The Kier molecular flexibility index (Phi) is 4.58. The Bertz CT molecular complexity index is 313. The largest absolute Gasteiger partial charge is 0.870 e. The minimum Gasteiger partial charge on any atom is -0.870 e. The lowest BCUT2D eigenvalue weighted by atomic mass is 10.4. The highest BCUT2D eigenvalue weighted by Gasteiger charge is 2.08. The quantitative estimate of drug-likeness (QED) is 0.613. The zero-order valence-electron chi connectivity index (χ0n) is 8.47. The van der Waals surface area contributed by atoms with Crippen LogP contribution in [-0.4, -0.2) is 30.6 Å². The van der Waals surface area contributed by atoms with Crippen LogP contribution in [0.4, 0.5) is 4.79 Å². The van der Waals surface area contributed by atoms with Crippen LogP contribution in [0, 0.1) is 0 Å². The Hall–Kier alpha value is -1.62. The van der Waals surface area contributed by atoms with Gasteiger partial charge in [-0.25, -0.2) is 9.36 Å². The van der Waals surface area contributed by atoms with E-state index in [1.54, 1.807) is 26.4 Å². The van der Waals surface area contributed by atoms with Crippen molar-refractivity contribution in [2.24, 2.45) is 7.05 Å². The van der Waals surface area contributed by atoms with Gasteiger partial charge in [0.25, 0.3) is 0 Å². The van der Waals surface area contributed by atoms with Crippen molar-refractivity contribution < 1.29 is 19.6 Å². The lowest BCUT2D eigenvalue weighted by molar-refractivity contribution is -0.671. The van der Waals surface area contributed by atoms with Crippen molar-refractivity contribution in [1.29, 1.82) is 0 Å². The molecular formula is C9H14N2O3. The Morgan fingerprint density at radius 1 is 1.50 bits per heavy atom. The van der Waals surface area contributed by atoms with Gasteiger partial charge in [0.15, 0.2) is 11.9 Å². The number of aromatic nitrogens is 1. The number of pyridine rings is 1. The Morgan fingerprint density at radius 2 is 2.14 bits per heavy atom. The summed E-state index contributed by atoms with van der Waals surface area (Å²) in [5.41, 5.74) is 0. The SMILES string of the molecule is CN(C)C(=O)Oc1ccc[n+](C)c1.[OH-]. The summed E-state index contributed by atoms with van der Waals surface area (Å²) in [6, 6.07) is 3.56. The van der Waals surface area contributed by atoms with Crippen LogP contribution < -0.4 is 9.30 Å². The van der Waals surface area contributed by atoms with Gasteiger partial charge in [-0.3, -0.25) is 0 Å². The average Bonchev–Trinajstić information content (AvgIpc) is 2.04. The lowest BCUT2D eigenvalue weighted by Gasteiger charge is -2.09. The molecule has 0 aliphatic heterocycles. The van der Waals surface area contributed by atoms with Crippen LogP contribution in [0.3, 0.4) is 0 Å². The number of amides is 1. The lowest BCUT2D eigenvalue weighted by Crippen LogP contribution is -2.29. The summed E-state index contributed by atoms with van der Waals surface area (Å²) >= 11 is 0. The Labute approximate surface area is 82.8 Å². The second-order valence-electron chi connectivity index (χ2n) is 2.97. The van der Waals surface area contributed by atoms with E-state index >= 15 is 0 Å². The van der Waals surface area contributed by atoms with Gasteiger partial charge in [-0.05, 0) is 6.07 Å². The van der Waals surface area contributed by atoms with E-state index in [2.05, 4.69) is 0 Å². The zero-order chi connectivity index (χ0) is 9.84. The van der Waals surface area contributed by atoms with Gasteiger partial charge >= 0.3 is 6.09 Å². The predicted octanol–water partition coefficient (Wildman–Crippen LogP) is 0.395. The van der Waals surface area contributed by atoms with Crippen molar-refractivity contribution in [2.45, 2.75) is 0 Å². The number of carbonyl (C=O) groups excluding carboxylic acids is 1. The molecule has 0 fully saturated rings. The maximum absolute atomic E-state index is 11.1. The molecule has 0 bridgehead atoms. The third-order valence-electron chi connectivity index (χ3n) is 1.48. The van der Waals surface area contributed by atoms with Crippen LogP contribution in [-0.2, 0) is 7.05 Å². The van der Waals surface area contributed by atoms with Crippen LogP contribution in [0.2, 0.25) is 0 Å². The molecule has 5 heteroatoms. The number of ether oxygens (including phenoxy) is 1. The standard InChI is InChI=1S/C9H13N2O2.H2O/c1-10(2)9(12)13-8-5-4-6-11(3)7-8;/h4-7H,1-3H3;1H2/q+1;/p-1. The van der Waals surface area contributed by atoms with E-state index in [1.807, 2.05) is 23.9 Å². The van der Waals surface area contributed by atoms with Gasteiger partial charge in [0.1, 0.15) is 7.05 Å². The topological polar surface area (TPSA) is 63.4 Å². The molecule has 1 amide bonds. The van der Waals surface area contributed by atoms with Gasteiger partial charge in [0.2, 0.25) is 6.20 Å². The summed E-state index contributed by atoms with van der Waals surface area (Å²) in [4.78, 5) is 12.5. The first kappa shape index (κ1) is 12.4. The Morgan fingerprint density at radius 3 is 2.64 bits per heavy atom. The van der Waals surface area contributed by atoms with Crippen molar-refractivity contribution >= 4 is 6.09 Å². The second-order valence-corrected chi connectivity index (χ2v) is 2.97. The van der Waals surface area contributed by atoms with E-state index in [4.69, 9.17) is 4.74 Å². The fourth-order valence-electron chi connectivity index (χ4n) is 0.813. The molecule has 1 aromatic heterocycles. The van der Waals surface area contributed by atoms with Crippen molar-refractivity contribution in [3.8, 4) is 5.75 Å². The molecule has 0 saturated carbocycles. The molecule has 1 rings (SSSR count). The van der Waals surface area contributed by atoms with Crippen LogP contribution in [0.5, 0.6) is 5.75 Å². The molecule has 1 heterocycles. The van der Waals surface area contributed by atoms with Gasteiger partial charge < -0.3 is 15.1 Å². The molecular weight excluding hydrogens is 184 g/mol. The van der Waals surface area contributed by atoms with E-state index in [0.29, 0.717) is 5.75 Å². The third-order valence-corrected chi connectivity index (χ3v) is 1.48. The number of carbonyl (C=O) groups is 1. The van der Waals surface area contributed by atoms with Crippen LogP contribution in [0.15, 0.2) is 24.5 Å². The number of nitrogens with zero attached hydrogens (tertiary/aromatic N) is 2. The fraction of sp³-hybridized carbons (Fsp3) is 0.333. The molecule has 0 radical (unpaired) electrons. The normalized spacial score (nSPS) is 8.79. The maximum atomic E-state index is 11.1. The first-order valence-electron chi connectivity index (χ1n) is 3.94. The van der Waals surface area contributed by atoms with E-state index in [0.717, 1.165) is 0 Å². The molecule has 0 saturated heterocycles. The summed E-state index contributed by atoms with van der Waals surface area (Å²) in [7, 11) is 5.16. The highest BCUT2D eigenvalue weighted by atomic mass is 16.6. The number of hydrogen-bond acceptors (Lipinski definition) is 3. The van der Waals surface area contributed by atoms with E-state index < -0.39 is 0 Å². The molecule has 0 aromatic carbocycles. The summed E-state index contributed by atoms with van der Waals surface area (Å²) in [6.45, 7) is 0. The molecule has 1 aromatic rings. The summed E-state index contributed by atoms with van der Waals surface area (Å²) < 4.78 is 6.84. The minimum atomic E-state index is -0.369. The monoisotopic (exact) mass is 198 g/mol. The van der Waals surface area contributed by atoms with Crippen LogP contribution in [0.1, 0.15) is 0 Å². The van der Waals surface area contributed by atoms with Crippen molar-refractivity contribution in [1.82, 2.24) is 4.90 Å². The van der Waals surface area contributed by atoms with Crippen LogP contribution in [0.25, 0.3) is 0 Å². The summed E-state index contributed by atoms with van der Waals surface area (Å²) in [5, 5.41) is 0. The van der Waals surface area contributed by atoms with E-state index in [-0.39, 0.29) is 11.6 Å². The molecule has 5 nitrogen and oxygen atoms in total. The number of rotatable bonds is 1. The zero-order valence-corrected chi connectivity index (χ0v) is 8.47. The van der Waals surface area contributed by atoms with E-state index in [9.17, 15) is 4.79 Å². The molecule has 14 heavy (non-hydrogen) atoms. The van der Waals surface area contributed by atoms with Gasteiger partial charge in [0, 0.05) is 20.2 Å². The van der Waals surface area contributed by atoms with E-state index in [1.165, 1.54) is 4.90 Å². The first-order chi connectivity index (χ1) is 6.09. The smallest absolute Gasteiger partial charge is 0.414 e. The fourth-order valence-corrected chi connectivity index (χ4v) is 0.813. The average molecular weight is 198 g/mol. The highest BCUT2D eigenvalue weighted by Crippen LogP contribution is 2.05. The number of aryl methyl sites for hydroxylation is 1. The van der Waals surface area contributed by atoms with Gasteiger partial charge in [0.05, 0.1) is 0 Å². The third kappa shape index (κ3) is 3.40. The Balaban J connectivity index is 0.00000169. The first-order valence-corrected chi connectivity index (χ1v) is 3.94. The summed E-state index contributed by atoms with van der Waals surface area (Å²) in [5.74, 6) is 0.545. The molecule has 78 valence electrons. The number of hydrogen-bond donors (Lipinski definition) is 0. The van der Waals surface area contributed by atoms with Gasteiger partial charge in [-0.1, -0.05) is 0 Å². The minimum absolute atomic E-state index is 0. The molecule has 0 spiro atoms. The molecule has 0 atom stereocenters. The molecule has 0 aliphatic rings. The van der Waals surface area contributed by atoms with Crippen molar-refractivity contribution in [3.63, 3.8) is 0 Å². The highest BCUT2D eigenvalue weighted by molar-refractivity contribution is 5.69. The van der Waals surface area contributed by atoms with Gasteiger partial charge in [-0.2, -0.15) is 0 Å². The molecule has 0 aliphatic carbocycles. The predicted molar refractivity (Wildman–Crippen MR) is 49.3 cm³/mol. The van der Waals surface area contributed by atoms with Crippen molar-refractivity contribution in [2.75, 3.05) is 14.1 Å². The van der Waals surface area contributed by atoms with Crippen LogP contribution >= 0.6 is 0 Å². The molecule has 1 N–H and O–H groups in total. The maximum Gasteiger partial charge on any atom is 0.414 e. The summed E-state index contributed by atoms with van der Waals surface area (Å²) in [6.07, 6.45) is 3.24. The van der Waals surface area contributed by atoms with Crippen molar-refractivity contribution in [3.05, 3.63) is 24.5 Å². The second kappa shape index (κ2) is 5.18.